The SMILES string of the molecule is CCOC(=O)CN1CCC(C(C)n2c(C)c(C(=O)NCc3c(OC)cc(C)[nH]c3=O)c3ccccc32)CC1. The van der Waals surface area contributed by atoms with Crippen LogP contribution in [0.2, 0.25) is 0 Å². The van der Waals surface area contributed by atoms with Gasteiger partial charge in [-0.15, -0.1) is 0 Å². The highest BCUT2D eigenvalue weighted by Crippen LogP contribution is 2.35. The van der Waals surface area contributed by atoms with Crippen molar-refractivity contribution >= 4 is 22.8 Å². The molecule has 1 atom stereocenters. The molecule has 1 saturated heterocycles. The first-order valence-corrected chi connectivity index (χ1v) is 13.3. The van der Waals surface area contributed by atoms with Gasteiger partial charge in [0.2, 0.25) is 0 Å². The van der Waals surface area contributed by atoms with Crippen molar-refractivity contribution in [1.82, 2.24) is 19.8 Å². The van der Waals surface area contributed by atoms with Crippen molar-refractivity contribution in [3.8, 4) is 5.75 Å². The maximum atomic E-state index is 13.5. The first-order valence-electron chi connectivity index (χ1n) is 13.3. The van der Waals surface area contributed by atoms with Gasteiger partial charge in [0.1, 0.15) is 5.75 Å². The molecule has 1 aliphatic heterocycles. The molecule has 0 spiro atoms. The van der Waals surface area contributed by atoms with Gasteiger partial charge in [0, 0.05) is 28.3 Å². The van der Waals surface area contributed by atoms with Gasteiger partial charge in [-0.2, -0.15) is 0 Å². The van der Waals surface area contributed by atoms with Crippen LogP contribution in [0, 0.1) is 19.8 Å². The molecule has 2 aromatic heterocycles. The molecule has 0 radical (unpaired) electrons. The molecule has 1 aliphatic rings. The molecule has 3 heterocycles. The zero-order valence-electron chi connectivity index (χ0n) is 22.9. The maximum absolute atomic E-state index is 13.5. The summed E-state index contributed by atoms with van der Waals surface area (Å²) in [5, 5.41) is 3.83. The molecule has 1 fully saturated rings. The number of aryl methyl sites for hydroxylation is 1. The standard InChI is InChI=1S/C29H38N4O5/c1-6-38-26(34)17-32-13-11-21(12-14-32)19(3)33-20(4)27(22-9-7-8-10-24(22)33)29(36)30-16-23-25(37-5)15-18(2)31-28(23)35/h7-10,15,19,21H,6,11-14,16-17H2,1-5H3,(H,30,36)(H,31,35). The molecule has 9 nitrogen and oxygen atoms in total. The number of nitrogens with one attached hydrogen (secondary N) is 2. The Morgan fingerprint density at radius 3 is 2.58 bits per heavy atom. The minimum Gasteiger partial charge on any atom is -0.496 e. The second kappa shape index (κ2) is 11.9. The molecule has 38 heavy (non-hydrogen) atoms. The summed E-state index contributed by atoms with van der Waals surface area (Å²) >= 11 is 0. The first kappa shape index (κ1) is 27.4. The predicted molar refractivity (Wildman–Crippen MR) is 147 cm³/mol. The molecule has 4 rings (SSSR count). The minimum absolute atomic E-state index is 0.0606. The number of amides is 1. The Morgan fingerprint density at radius 2 is 1.89 bits per heavy atom. The summed E-state index contributed by atoms with van der Waals surface area (Å²) < 4.78 is 12.8. The molecule has 0 aliphatic carbocycles. The Hall–Kier alpha value is -3.59. The highest BCUT2D eigenvalue weighted by molar-refractivity contribution is 6.08. The third-order valence-electron chi connectivity index (χ3n) is 7.64. The van der Waals surface area contributed by atoms with Crippen LogP contribution in [0.3, 0.4) is 0 Å². The van der Waals surface area contributed by atoms with E-state index in [0.717, 1.165) is 42.5 Å². The number of likely N-dealkylation sites (tertiary alicyclic amines) is 1. The number of H-pyrrole nitrogens is 1. The second-order valence-electron chi connectivity index (χ2n) is 10.0. The van der Waals surface area contributed by atoms with Gasteiger partial charge in [-0.1, -0.05) is 18.2 Å². The number of aromatic nitrogens is 2. The number of ether oxygens (including phenoxy) is 2. The van der Waals surface area contributed by atoms with Crippen LogP contribution >= 0.6 is 0 Å². The lowest BCUT2D eigenvalue weighted by Crippen LogP contribution is -2.39. The zero-order valence-corrected chi connectivity index (χ0v) is 22.9. The Kier molecular flexibility index (Phi) is 8.56. The number of nitrogens with zero attached hydrogens (tertiary/aromatic N) is 2. The van der Waals surface area contributed by atoms with E-state index in [9.17, 15) is 14.4 Å². The predicted octanol–water partition coefficient (Wildman–Crippen LogP) is 3.72. The molecule has 3 aromatic rings. The number of benzene rings is 1. The van der Waals surface area contributed by atoms with Crippen LogP contribution in [0.15, 0.2) is 35.1 Å². The fourth-order valence-corrected chi connectivity index (χ4v) is 5.69. The molecule has 0 saturated carbocycles. The number of rotatable bonds is 9. The van der Waals surface area contributed by atoms with Crippen molar-refractivity contribution < 1.29 is 19.1 Å². The van der Waals surface area contributed by atoms with Crippen LogP contribution in [0.25, 0.3) is 10.9 Å². The topological polar surface area (TPSA) is 106 Å². The summed E-state index contributed by atoms with van der Waals surface area (Å²) in [5.41, 5.74) is 3.34. The van der Waals surface area contributed by atoms with Crippen LogP contribution < -0.4 is 15.6 Å². The number of fused-ring (bicyclic) bond motifs is 1. The number of para-hydroxylation sites is 1. The van der Waals surface area contributed by atoms with Crippen LogP contribution in [-0.4, -0.2) is 59.7 Å². The Morgan fingerprint density at radius 1 is 1.18 bits per heavy atom. The van der Waals surface area contributed by atoms with Crippen LogP contribution in [0.5, 0.6) is 5.75 Å². The fourth-order valence-electron chi connectivity index (χ4n) is 5.69. The number of carbonyl (C=O) groups excluding carboxylic acids is 2. The number of piperidine rings is 1. The molecule has 2 N–H and O–H groups in total. The van der Waals surface area contributed by atoms with E-state index in [1.807, 2.05) is 32.0 Å². The number of pyridine rings is 1. The van der Waals surface area contributed by atoms with Crippen molar-refractivity contribution in [2.75, 3.05) is 33.4 Å². The van der Waals surface area contributed by atoms with Crippen molar-refractivity contribution in [2.24, 2.45) is 5.92 Å². The summed E-state index contributed by atoms with van der Waals surface area (Å²) in [5.74, 6) is 0.464. The molecule has 9 heteroatoms. The van der Waals surface area contributed by atoms with E-state index < -0.39 is 0 Å². The summed E-state index contributed by atoms with van der Waals surface area (Å²) in [6.07, 6.45) is 1.92. The Bertz CT molecular complexity index is 1370. The van der Waals surface area contributed by atoms with Crippen molar-refractivity contribution in [1.29, 1.82) is 0 Å². The fraction of sp³-hybridized carbons (Fsp3) is 0.483. The smallest absolute Gasteiger partial charge is 0.320 e. The van der Waals surface area contributed by atoms with Gasteiger partial charge in [0.15, 0.2) is 0 Å². The van der Waals surface area contributed by atoms with E-state index in [1.165, 1.54) is 7.11 Å². The number of hydrogen-bond acceptors (Lipinski definition) is 6. The highest BCUT2D eigenvalue weighted by atomic mass is 16.5. The average molecular weight is 523 g/mol. The van der Waals surface area contributed by atoms with Crippen molar-refractivity contribution in [3.63, 3.8) is 0 Å². The number of carbonyl (C=O) groups is 2. The van der Waals surface area contributed by atoms with Crippen LogP contribution in [0.4, 0.5) is 0 Å². The van der Waals surface area contributed by atoms with Crippen molar-refractivity contribution in [3.05, 3.63) is 63.2 Å². The number of hydrogen-bond donors (Lipinski definition) is 2. The van der Waals surface area contributed by atoms with E-state index in [0.29, 0.717) is 41.6 Å². The maximum Gasteiger partial charge on any atom is 0.320 e. The summed E-state index contributed by atoms with van der Waals surface area (Å²) in [6, 6.07) is 9.88. The van der Waals surface area contributed by atoms with Crippen molar-refractivity contribution in [2.45, 2.75) is 53.1 Å². The zero-order chi connectivity index (χ0) is 27.4. The molecule has 0 bridgehead atoms. The summed E-state index contributed by atoms with van der Waals surface area (Å²) in [4.78, 5) is 42.8. The quantitative estimate of drug-likeness (QED) is 0.415. The second-order valence-corrected chi connectivity index (χ2v) is 10.0. The van der Waals surface area contributed by atoms with Gasteiger partial charge in [-0.3, -0.25) is 19.3 Å². The summed E-state index contributed by atoms with van der Waals surface area (Å²) in [7, 11) is 1.51. The number of methoxy groups -OCH3 is 1. The van der Waals surface area contributed by atoms with Gasteiger partial charge >= 0.3 is 5.97 Å². The molecular weight excluding hydrogens is 484 g/mol. The molecule has 1 unspecified atom stereocenters. The lowest BCUT2D eigenvalue weighted by Gasteiger charge is -2.35. The Labute approximate surface area is 223 Å². The lowest BCUT2D eigenvalue weighted by atomic mass is 9.90. The Balaban J connectivity index is 1.54. The van der Waals surface area contributed by atoms with E-state index in [1.54, 1.807) is 13.0 Å². The normalized spacial score (nSPS) is 15.4. The molecule has 1 amide bonds. The monoisotopic (exact) mass is 522 g/mol. The van der Waals surface area contributed by atoms with Gasteiger partial charge in [-0.05, 0) is 71.7 Å². The van der Waals surface area contributed by atoms with Crippen LogP contribution in [0.1, 0.15) is 60.0 Å². The lowest BCUT2D eigenvalue weighted by molar-refractivity contribution is -0.144. The van der Waals surface area contributed by atoms with E-state index >= 15 is 0 Å². The highest BCUT2D eigenvalue weighted by Gasteiger charge is 2.30. The molecule has 1 aromatic carbocycles. The average Bonchev–Trinajstić information content (AvgIpc) is 3.19. The first-order chi connectivity index (χ1) is 18.2. The van der Waals surface area contributed by atoms with E-state index in [-0.39, 0.29) is 30.0 Å². The summed E-state index contributed by atoms with van der Waals surface area (Å²) in [6.45, 7) is 10.3. The van der Waals surface area contributed by atoms with Crippen LogP contribution in [-0.2, 0) is 16.1 Å². The number of aromatic amines is 1. The largest absolute Gasteiger partial charge is 0.496 e. The third kappa shape index (κ3) is 5.62. The van der Waals surface area contributed by atoms with E-state index in [4.69, 9.17) is 9.47 Å². The van der Waals surface area contributed by atoms with Gasteiger partial charge in [-0.25, -0.2) is 0 Å². The minimum atomic E-state index is -0.274. The van der Waals surface area contributed by atoms with Gasteiger partial charge in [0.05, 0.1) is 37.9 Å². The molecular formula is C29H38N4O5. The van der Waals surface area contributed by atoms with Gasteiger partial charge in [0.25, 0.3) is 11.5 Å². The molecule has 204 valence electrons. The van der Waals surface area contributed by atoms with Gasteiger partial charge < -0.3 is 24.3 Å². The van der Waals surface area contributed by atoms with E-state index in [2.05, 4.69) is 32.8 Å². The number of esters is 1. The third-order valence-corrected chi connectivity index (χ3v) is 7.64.